The smallest absolute Gasteiger partial charge is 0.308 e. The number of piperidine rings is 1. The number of nitro groups is 1. The Morgan fingerprint density at radius 1 is 1.45 bits per heavy atom. The maximum absolute atomic E-state index is 12.1. The summed E-state index contributed by atoms with van der Waals surface area (Å²) < 4.78 is 26.6. The van der Waals surface area contributed by atoms with Crippen molar-refractivity contribution in [3.63, 3.8) is 0 Å². The van der Waals surface area contributed by atoms with Crippen molar-refractivity contribution in [1.82, 2.24) is 15.0 Å². The number of nitrogens with zero attached hydrogens (tertiary/aromatic N) is 2. The van der Waals surface area contributed by atoms with Crippen molar-refractivity contribution >= 4 is 15.7 Å². The first-order valence-electron chi connectivity index (χ1n) is 6.30. The zero-order valence-electron chi connectivity index (χ0n) is 10.8. The molecular weight excluding hydrogens is 284 g/mol. The quantitative estimate of drug-likeness (QED) is 0.596. The van der Waals surface area contributed by atoms with Gasteiger partial charge in [0.1, 0.15) is 0 Å². The fourth-order valence-corrected chi connectivity index (χ4v) is 3.32. The van der Waals surface area contributed by atoms with E-state index in [2.05, 4.69) is 15.0 Å². The molecule has 0 radical (unpaired) electrons. The largest absolute Gasteiger partial charge is 0.317 e. The molecule has 0 aromatic carbocycles. The summed E-state index contributed by atoms with van der Waals surface area (Å²) in [6, 6.07) is 2.47. The number of nitrogens with one attached hydrogen (secondary N) is 2. The molecule has 0 amide bonds. The van der Waals surface area contributed by atoms with E-state index in [0.29, 0.717) is 0 Å². The Labute approximate surface area is 116 Å². The molecule has 1 fully saturated rings. The molecular formula is C11H16N4O4S. The van der Waals surface area contributed by atoms with Crippen LogP contribution in [0.15, 0.2) is 23.4 Å². The second-order valence-electron chi connectivity index (χ2n) is 4.63. The van der Waals surface area contributed by atoms with E-state index >= 15 is 0 Å². The van der Waals surface area contributed by atoms with E-state index in [1.807, 2.05) is 0 Å². The van der Waals surface area contributed by atoms with Gasteiger partial charge in [0, 0.05) is 18.8 Å². The van der Waals surface area contributed by atoms with Gasteiger partial charge in [0.05, 0.1) is 4.92 Å². The van der Waals surface area contributed by atoms with Crippen molar-refractivity contribution in [3.8, 4) is 0 Å². The lowest BCUT2D eigenvalue weighted by molar-refractivity contribution is -0.388. The van der Waals surface area contributed by atoms with Gasteiger partial charge < -0.3 is 5.32 Å². The predicted octanol–water partition coefficient (Wildman–Crippen LogP) is 0.268. The van der Waals surface area contributed by atoms with E-state index in [1.54, 1.807) is 0 Å². The summed E-state index contributed by atoms with van der Waals surface area (Å²) >= 11 is 0. The molecule has 1 aromatic rings. The molecule has 110 valence electrons. The first-order chi connectivity index (χ1) is 9.50. The monoisotopic (exact) mass is 300 g/mol. The lowest BCUT2D eigenvalue weighted by Gasteiger charge is -2.22. The molecule has 0 atom stereocenters. The molecule has 0 unspecified atom stereocenters. The third-order valence-corrected chi connectivity index (χ3v) is 4.59. The normalized spacial score (nSPS) is 17.0. The van der Waals surface area contributed by atoms with E-state index in [9.17, 15) is 18.5 Å². The van der Waals surface area contributed by atoms with Crippen LogP contribution in [0.1, 0.15) is 12.8 Å². The van der Waals surface area contributed by atoms with Gasteiger partial charge in [-0.25, -0.2) is 18.1 Å². The van der Waals surface area contributed by atoms with Crippen LogP contribution in [-0.4, -0.2) is 38.0 Å². The number of hydrogen-bond acceptors (Lipinski definition) is 6. The first kappa shape index (κ1) is 14.8. The lowest BCUT2D eigenvalue weighted by Crippen LogP contribution is -2.36. The van der Waals surface area contributed by atoms with Crippen LogP contribution in [0.4, 0.5) is 5.69 Å². The van der Waals surface area contributed by atoms with E-state index < -0.39 is 25.7 Å². The van der Waals surface area contributed by atoms with Crippen molar-refractivity contribution < 1.29 is 13.3 Å². The summed E-state index contributed by atoms with van der Waals surface area (Å²) in [6.07, 6.45) is 2.99. The zero-order chi connectivity index (χ0) is 14.6. The molecule has 1 saturated heterocycles. The molecule has 0 bridgehead atoms. The van der Waals surface area contributed by atoms with Gasteiger partial charge in [0.25, 0.3) is 10.0 Å². The van der Waals surface area contributed by atoms with Crippen molar-refractivity contribution in [3.05, 3.63) is 28.4 Å². The molecule has 20 heavy (non-hydrogen) atoms. The standard InChI is InChI=1S/C11H16N4O4S/c16-15(17)10-2-1-5-13-11(10)20(18,19)14-8-9-3-6-12-7-4-9/h1-2,5,9,12,14H,3-4,6-8H2. The van der Waals surface area contributed by atoms with E-state index in [1.165, 1.54) is 12.3 Å². The van der Waals surface area contributed by atoms with Crippen LogP contribution < -0.4 is 10.0 Å². The van der Waals surface area contributed by atoms with Crippen LogP contribution in [0.3, 0.4) is 0 Å². The molecule has 8 nitrogen and oxygen atoms in total. The average Bonchev–Trinajstić information content (AvgIpc) is 2.46. The lowest BCUT2D eigenvalue weighted by atomic mass is 9.99. The van der Waals surface area contributed by atoms with Crippen LogP contribution in [0, 0.1) is 16.0 Å². The number of pyridine rings is 1. The fourth-order valence-electron chi connectivity index (χ4n) is 2.11. The van der Waals surface area contributed by atoms with E-state index in [4.69, 9.17) is 0 Å². The minimum atomic E-state index is -3.96. The summed E-state index contributed by atoms with van der Waals surface area (Å²) in [5.41, 5.74) is -0.509. The number of hydrogen-bond donors (Lipinski definition) is 2. The van der Waals surface area contributed by atoms with Gasteiger partial charge in [-0.2, -0.15) is 0 Å². The highest BCUT2D eigenvalue weighted by Gasteiger charge is 2.27. The fraction of sp³-hybridized carbons (Fsp3) is 0.545. The third-order valence-electron chi connectivity index (χ3n) is 3.22. The zero-order valence-corrected chi connectivity index (χ0v) is 11.6. The average molecular weight is 300 g/mol. The summed E-state index contributed by atoms with van der Waals surface area (Å²) in [4.78, 5) is 13.7. The molecule has 1 aliphatic rings. The number of sulfonamides is 1. The minimum Gasteiger partial charge on any atom is -0.317 e. The highest BCUT2D eigenvalue weighted by molar-refractivity contribution is 7.89. The van der Waals surface area contributed by atoms with E-state index in [0.717, 1.165) is 32.0 Å². The summed E-state index contributed by atoms with van der Waals surface area (Å²) in [5.74, 6) is 0.244. The van der Waals surface area contributed by atoms with Gasteiger partial charge in [0.15, 0.2) is 0 Å². The van der Waals surface area contributed by atoms with Crippen molar-refractivity contribution in [1.29, 1.82) is 0 Å². The Hall–Kier alpha value is -1.58. The summed E-state index contributed by atoms with van der Waals surface area (Å²) in [5, 5.41) is 13.5. The van der Waals surface area contributed by atoms with Crippen LogP contribution in [0.5, 0.6) is 0 Å². The molecule has 0 aliphatic carbocycles. The van der Waals surface area contributed by atoms with Crippen LogP contribution in [0.2, 0.25) is 0 Å². The van der Waals surface area contributed by atoms with Crippen LogP contribution in [-0.2, 0) is 10.0 Å². The first-order valence-corrected chi connectivity index (χ1v) is 7.79. The molecule has 1 aromatic heterocycles. The van der Waals surface area contributed by atoms with E-state index in [-0.39, 0.29) is 12.5 Å². The van der Waals surface area contributed by atoms with Gasteiger partial charge in [-0.05, 0) is 37.9 Å². The maximum Gasteiger partial charge on any atom is 0.308 e. The Balaban J connectivity index is 2.12. The Morgan fingerprint density at radius 3 is 2.80 bits per heavy atom. The van der Waals surface area contributed by atoms with Gasteiger partial charge in [-0.15, -0.1) is 0 Å². The van der Waals surface area contributed by atoms with Gasteiger partial charge in [-0.3, -0.25) is 10.1 Å². The molecule has 2 heterocycles. The molecule has 2 rings (SSSR count). The molecule has 2 N–H and O–H groups in total. The Bertz CT molecular complexity index is 584. The molecule has 0 saturated carbocycles. The van der Waals surface area contributed by atoms with Gasteiger partial charge in [-0.1, -0.05) is 0 Å². The van der Waals surface area contributed by atoms with Crippen LogP contribution >= 0.6 is 0 Å². The molecule has 9 heteroatoms. The number of rotatable bonds is 5. The highest BCUT2D eigenvalue weighted by atomic mass is 32.2. The Kier molecular flexibility index (Phi) is 4.63. The maximum atomic E-state index is 12.1. The SMILES string of the molecule is O=[N+]([O-])c1cccnc1S(=O)(=O)NCC1CCNCC1. The van der Waals surface area contributed by atoms with Crippen molar-refractivity contribution in [2.45, 2.75) is 17.9 Å². The minimum absolute atomic E-state index is 0.244. The summed E-state index contributed by atoms with van der Waals surface area (Å²) in [6.45, 7) is 1.99. The topological polar surface area (TPSA) is 114 Å². The summed E-state index contributed by atoms with van der Waals surface area (Å²) in [7, 11) is -3.96. The second kappa shape index (κ2) is 6.25. The second-order valence-corrected chi connectivity index (χ2v) is 6.31. The van der Waals surface area contributed by atoms with Crippen molar-refractivity contribution in [2.75, 3.05) is 19.6 Å². The van der Waals surface area contributed by atoms with Crippen LogP contribution in [0.25, 0.3) is 0 Å². The van der Waals surface area contributed by atoms with Gasteiger partial charge >= 0.3 is 5.69 Å². The highest BCUT2D eigenvalue weighted by Crippen LogP contribution is 2.20. The predicted molar refractivity (Wildman–Crippen MR) is 71.7 cm³/mol. The number of aromatic nitrogens is 1. The Morgan fingerprint density at radius 2 is 2.15 bits per heavy atom. The molecule has 0 spiro atoms. The molecule has 1 aliphatic heterocycles. The van der Waals surface area contributed by atoms with Crippen molar-refractivity contribution in [2.24, 2.45) is 5.92 Å². The van der Waals surface area contributed by atoms with Gasteiger partial charge in [0.2, 0.25) is 5.03 Å². The third kappa shape index (κ3) is 3.50.